The molecule has 1 aromatic carbocycles. The molecule has 1 aromatic rings. The number of benzene rings is 1. The van der Waals surface area contributed by atoms with E-state index in [9.17, 15) is 13.5 Å². The third kappa shape index (κ3) is 3.96. The molecule has 1 aliphatic carbocycles. The molecule has 0 heterocycles. The van der Waals surface area contributed by atoms with Gasteiger partial charge >= 0.3 is 0 Å². The minimum Gasteiger partial charge on any atom is -0.492 e. The van der Waals surface area contributed by atoms with Gasteiger partial charge in [-0.25, -0.2) is 8.42 Å². The lowest BCUT2D eigenvalue weighted by atomic mass is 9.95. The summed E-state index contributed by atoms with van der Waals surface area (Å²) in [5.41, 5.74) is -0.435. The van der Waals surface area contributed by atoms with E-state index in [1.807, 2.05) is 6.92 Å². The van der Waals surface area contributed by atoms with Crippen molar-refractivity contribution in [2.24, 2.45) is 5.92 Å². The first kappa shape index (κ1) is 16.3. The molecule has 0 aliphatic heterocycles. The zero-order valence-corrected chi connectivity index (χ0v) is 13.3. The lowest BCUT2D eigenvalue weighted by molar-refractivity contribution is 0.0863. The molecule has 2 rings (SSSR count). The number of sulfone groups is 1. The Hall–Kier alpha value is -1.11. The van der Waals surface area contributed by atoms with E-state index < -0.39 is 15.4 Å². The fraction of sp³-hybridized carbons (Fsp3) is 0.600. The Bertz CT molecular complexity index is 583. The monoisotopic (exact) mass is 313 g/mol. The lowest BCUT2D eigenvalue weighted by Gasteiger charge is -2.33. The molecule has 0 spiro atoms. The van der Waals surface area contributed by atoms with Crippen molar-refractivity contribution in [2.45, 2.75) is 30.2 Å². The van der Waals surface area contributed by atoms with E-state index in [2.05, 4.69) is 5.32 Å². The van der Waals surface area contributed by atoms with Crippen LogP contribution in [0.2, 0.25) is 0 Å². The normalized spacial score (nSPS) is 18.2. The lowest BCUT2D eigenvalue weighted by Crippen LogP contribution is -2.55. The highest BCUT2D eigenvalue weighted by Gasteiger charge is 2.45. The molecule has 1 atom stereocenters. The molecule has 0 radical (unpaired) electrons. The maximum Gasteiger partial charge on any atom is 0.175 e. The Labute approximate surface area is 126 Å². The van der Waals surface area contributed by atoms with Crippen molar-refractivity contribution in [1.82, 2.24) is 5.32 Å². The van der Waals surface area contributed by atoms with Crippen LogP contribution in [0, 0.1) is 5.92 Å². The van der Waals surface area contributed by atoms with Gasteiger partial charge in [-0.05, 0) is 43.5 Å². The second-order valence-electron chi connectivity index (χ2n) is 5.65. The van der Waals surface area contributed by atoms with Crippen molar-refractivity contribution in [3.05, 3.63) is 24.3 Å². The van der Waals surface area contributed by atoms with Gasteiger partial charge in [-0.15, -0.1) is 0 Å². The number of likely N-dealkylation sites (N-methyl/N-ethyl adjacent to an activating group) is 1. The summed E-state index contributed by atoms with van der Waals surface area (Å²) in [5, 5.41) is 13.1. The highest BCUT2D eigenvalue weighted by molar-refractivity contribution is 7.90. The van der Waals surface area contributed by atoms with Crippen LogP contribution < -0.4 is 10.1 Å². The molecule has 21 heavy (non-hydrogen) atoms. The first-order valence-corrected chi connectivity index (χ1v) is 9.09. The Kier molecular flexibility index (Phi) is 4.91. The highest BCUT2D eigenvalue weighted by atomic mass is 32.2. The van der Waals surface area contributed by atoms with E-state index in [4.69, 9.17) is 4.74 Å². The summed E-state index contributed by atoms with van der Waals surface area (Å²) in [4.78, 5) is 0.240. The van der Waals surface area contributed by atoms with Crippen molar-refractivity contribution in [1.29, 1.82) is 0 Å². The third-order valence-electron chi connectivity index (χ3n) is 3.90. The van der Waals surface area contributed by atoms with Crippen molar-refractivity contribution in [3.63, 3.8) is 0 Å². The van der Waals surface area contributed by atoms with E-state index in [0.29, 0.717) is 18.3 Å². The number of aliphatic hydroxyl groups excluding tert-OH is 1. The van der Waals surface area contributed by atoms with Crippen molar-refractivity contribution >= 4 is 9.84 Å². The molecule has 0 amide bonds. The summed E-state index contributed by atoms with van der Waals surface area (Å²) in [6, 6.07) is 6.47. The van der Waals surface area contributed by atoms with E-state index in [1.165, 1.54) is 12.3 Å². The summed E-state index contributed by atoms with van der Waals surface area (Å²) in [6.45, 7) is 3.09. The molecule has 2 N–H and O–H groups in total. The number of rotatable bonds is 8. The summed E-state index contributed by atoms with van der Waals surface area (Å²) < 4.78 is 28.9. The van der Waals surface area contributed by atoms with Gasteiger partial charge in [0, 0.05) is 6.26 Å². The minimum absolute atomic E-state index is 0.0112. The molecule has 0 saturated heterocycles. The van der Waals surface area contributed by atoms with Crippen LogP contribution in [-0.4, -0.2) is 45.1 Å². The number of ether oxygens (including phenoxy) is 1. The van der Waals surface area contributed by atoms with Gasteiger partial charge in [0.25, 0.3) is 0 Å². The molecular formula is C15H23NO4S. The van der Waals surface area contributed by atoms with Gasteiger partial charge in [-0.1, -0.05) is 13.0 Å². The Morgan fingerprint density at radius 1 is 1.43 bits per heavy atom. The molecule has 0 bridgehead atoms. The summed E-state index contributed by atoms with van der Waals surface area (Å²) in [6.07, 6.45) is 3.34. The maximum atomic E-state index is 11.6. The van der Waals surface area contributed by atoms with Crippen LogP contribution in [-0.2, 0) is 9.84 Å². The molecule has 6 heteroatoms. The second kappa shape index (κ2) is 6.34. The third-order valence-corrected chi connectivity index (χ3v) is 5.01. The highest BCUT2D eigenvalue weighted by Crippen LogP contribution is 2.40. The van der Waals surface area contributed by atoms with Gasteiger partial charge in [-0.3, -0.25) is 0 Å². The number of nitrogens with one attached hydrogen (secondary N) is 1. The summed E-state index contributed by atoms with van der Waals surface area (Å²) in [5.74, 6) is 0.926. The van der Waals surface area contributed by atoms with E-state index in [0.717, 1.165) is 19.4 Å². The van der Waals surface area contributed by atoms with E-state index in [-0.39, 0.29) is 11.5 Å². The first-order chi connectivity index (χ1) is 9.91. The zero-order chi connectivity index (χ0) is 15.5. The van der Waals surface area contributed by atoms with Gasteiger partial charge in [0.1, 0.15) is 12.4 Å². The molecule has 5 nitrogen and oxygen atoms in total. The first-order valence-electron chi connectivity index (χ1n) is 7.20. The average Bonchev–Trinajstić information content (AvgIpc) is 3.28. The van der Waals surface area contributed by atoms with Gasteiger partial charge < -0.3 is 15.2 Å². The average molecular weight is 313 g/mol. The molecule has 1 aliphatic rings. The largest absolute Gasteiger partial charge is 0.492 e. The van der Waals surface area contributed by atoms with E-state index >= 15 is 0 Å². The molecule has 0 aromatic heterocycles. The Morgan fingerprint density at radius 3 is 2.67 bits per heavy atom. The quantitative estimate of drug-likeness (QED) is 0.755. The van der Waals surface area contributed by atoms with Gasteiger partial charge in [0.05, 0.1) is 17.0 Å². The molecular weight excluding hydrogens is 290 g/mol. The predicted octanol–water partition coefficient (Wildman–Crippen LogP) is 1.22. The number of aliphatic hydroxyl groups is 1. The molecule has 118 valence electrons. The maximum absolute atomic E-state index is 11.6. The van der Waals surface area contributed by atoms with E-state index in [1.54, 1.807) is 18.2 Å². The molecule has 1 saturated carbocycles. The van der Waals surface area contributed by atoms with Crippen LogP contribution in [0.25, 0.3) is 0 Å². The zero-order valence-electron chi connectivity index (χ0n) is 12.5. The van der Waals surface area contributed by atoms with Crippen molar-refractivity contribution < 1.29 is 18.3 Å². The standard InChI is InChI=1S/C15H23NO4S/c1-3-16-15(10-17,12-7-8-12)11-20-13-5-4-6-14(9-13)21(2,18)19/h4-6,9,12,16-17H,3,7-8,10-11H2,1-2H3. The fourth-order valence-electron chi connectivity index (χ4n) is 2.54. The predicted molar refractivity (Wildman–Crippen MR) is 81.3 cm³/mol. The fourth-order valence-corrected chi connectivity index (χ4v) is 3.19. The summed E-state index contributed by atoms with van der Waals surface area (Å²) in [7, 11) is -3.24. The Balaban J connectivity index is 2.11. The van der Waals surface area contributed by atoms with Crippen LogP contribution >= 0.6 is 0 Å². The smallest absolute Gasteiger partial charge is 0.175 e. The van der Waals surface area contributed by atoms with Crippen molar-refractivity contribution in [2.75, 3.05) is 26.0 Å². The van der Waals surface area contributed by atoms with Crippen LogP contribution in [0.4, 0.5) is 0 Å². The second-order valence-corrected chi connectivity index (χ2v) is 7.67. The molecule has 1 unspecified atom stereocenters. The topological polar surface area (TPSA) is 75.6 Å². The van der Waals surface area contributed by atoms with Crippen LogP contribution in [0.3, 0.4) is 0 Å². The SMILES string of the molecule is CCNC(CO)(COc1cccc(S(C)(=O)=O)c1)C1CC1. The number of hydrogen-bond acceptors (Lipinski definition) is 5. The summed E-state index contributed by atoms with van der Waals surface area (Å²) >= 11 is 0. The van der Waals surface area contributed by atoms with Crippen molar-refractivity contribution in [3.8, 4) is 5.75 Å². The van der Waals surface area contributed by atoms with Crippen LogP contribution in [0.1, 0.15) is 19.8 Å². The van der Waals surface area contributed by atoms with Gasteiger partial charge in [-0.2, -0.15) is 0 Å². The molecule has 1 fully saturated rings. The minimum atomic E-state index is -3.24. The number of hydrogen-bond donors (Lipinski definition) is 2. The van der Waals surface area contributed by atoms with Gasteiger partial charge in [0.2, 0.25) is 0 Å². The van der Waals surface area contributed by atoms with Crippen LogP contribution in [0.15, 0.2) is 29.2 Å². The van der Waals surface area contributed by atoms with Gasteiger partial charge in [0.15, 0.2) is 9.84 Å². The van der Waals surface area contributed by atoms with Crippen LogP contribution in [0.5, 0.6) is 5.75 Å². The Morgan fingerprint density at radius 2 is 2.14 bits per heavy atom.